The molecule has 1 amide bonds. The maximum atomic E-state index is 11.9. The second kappa shape index (κ2) is 5.65. The van der Waals surface area contributed by atoms with Crippen LogP contribution in [0.4, 0.5) is 0 Å². The van der Waals surface area contributed by atoms with Crippen LogP contribution >= 0.6 is 15.9 Å². The lowest BCUT2D eigenvalue weighted by Crippen LogP contribution is -2.20. The molecule has 96 valence electrons. The van der Waals surface area contributed by atoms with E-state index in [4.69, 9.17) is 0 Å². The first kappa shape index (κ1) is 13.3. The van der Waals surface area contributed by atoms with E-state index in [1.54, 1.807) is 5.01 Å². The number of hydrogen-bond donors (Lipinski definition) is 0. The summed E-state index contributed by atoms with van der Waals surface area (Å²) in [7, 11) is 0. The number of carbonyl (C=O) groups is 1. The second-order valence-corrected chi connectivity index (χ2v) is 5.84. The first-order valence-electron chi connectivity index (χ1n) is 6.16. The Morgan fingerprint density at radius 2 is 2.11 bits per heavy atom. The summed E-state index contributed by atoms with van der Waals surface area (Å²) in [4.78, 5) is 11.9. The van der Waals surface area contributed by atoms with Crippen LogP contribution in [0.15, 0.2) is 33.8 Å². The average Bonchev–Trinajstić information content (AvgIpc) is 2.61. The summed E-state index contributed by atoms with van der Waals surface area (Å²) in [6.07, 6.45) is 1.38. The first-order chi connectivity index (χ1) is 8.56. The number of carbonyl (C=O) groups excluding carboxylic acids is 1. The van der Waals surface area contributed by atoms with Gasteiger partial charge in [-0.3, -0.25) is 4.79 Å². The molecule has 0 N–H and O–H groups in total. The van der Waals surface area contributed by atoms with Crippen molar-refractivity contribution in [3.63, 3.8) is 0 Å². The van der Waals surface area contributed by atoms with E-state index in [1.807, 2.05) is 24.3 Å². The molecular weight excluding hydrogens is 292 g/mol. The van der Waals surface area contributed by atoms with Gasteiger partial charge in [0, 0.05) is 10.2 Å². The molecule has 0 bridgehead atoms. The highest BCUT2D eigenvalue weighted by Crippen LogP contribution is 2.21. The molecule has 18 heavy (non-hydrogen) atoms. The van der Waals surface area contributed by atoms with Gasteiger partial charge in [0.05, 0.1) is 13.0 Å². The van der Waals surface area contributed by atoms with Crippen molar-refractivity contribution in [1.82, 2.24) is 5.01 Å². The van der Waals surface area contributed by atoms with Crippen LogP contribution in [-0.2, 0) is 11.3 Å². The molecule has 0 radical (unpaired) electrons. The highest BCUT2D eigenvalue weighted by molar-refractivity contribution is 9.10. The van der Waals surface area contributed by atoms with E-state index < -0.39 is 0 Å². The van der Waals surface area contributed by atoms with Gasteiger partial charge in [-0.25, -0.2) is 5.01 Å². The van der Waals surface area contributed by atoms with E-state index in [0.717, 1.165) is 22.2 Å². The number of amides is 1. The minimum absolute atomic E-state index is 0.0985. The monoisotopic (exact) mass is 308 g/mol. The average molecular weight is 309 g/mol. The quantitative estimate of drug-likeness (QED) is 0.836. The van der Waals surface area contributed by atoms with Crippen LogP contribution < -0.4 is 0 Å². The summed E-state index contributed by atoms with van der Waals surface area (Å²) >= 11 is 3.49. The van der Waals surface area contributed by atoms with E-state index in [1.165, 1.54) is 0 Å². The number of hydrogen-bond acceptors (Lipinski definition) is 2. The predicted octanol–water partition coefficient (Wildman–Crippen LogP) is 3.58. The number of nitrogens with zero attached hydrogens (tertiary/aromatic N) is 2. The van der Waals surface area contributed by atoms with Gasteiger partial charge in [-0.2, -0.15) is 5.10 Å². The van der Waals surface area contributed by atoms with E-state index in [2.05, 4.69) is 34.9 Å². The summed E-state index contributed by atoms with van der Waals surface area (Å²) in [5, 5.41) is 6.01. The normalized spacial score (nSPS) is 15.4. The smallest absolute Gasteiger partial charge is 0.248 e. The fourth-order valence-corrected chi connectivity index (χ4v) is 2.43. The molecule has 1 aromatic rings. The van der Waals surface area contributed by atoms with Crippen LogP contribution in [-0.4, -0.2) is 16.6 Å². The van der Waals surface area contributed by atoms with E-state index in [0.29, 0.717) is 18.9 Å². The van der Waals surface area contributed by atoms with E-state index in [-0.39, 0.29) is 5.91 Å². The Labute approximate surface area is 116 Å². The molecule has 0 aliphatic carbocycles. The molecule has 0 aromatic heterocycles. The summed E-state index contributed by atoms with van der Waals surface area (Å²) in [5.74, 6) is 0.640. The number of rotatable bonds is 4. The van der Waals surface area contributed by atoms with Gasteiger partial charge >= 0.3 is 0 Å². The third kappa shape index (κ3) is 3.19. The first-order valence-corrected chi connectivity index (χ1v) is 6.95. The summed E-state index contributed by atoms with van der Waals surface area (Å²) < 4.78 is 1.02. The van der Waals surface area contributed by atoms with Crippen LogP contribution in [0.1, 0.15) is 32.3 Å². The zero-order valence-electron chi connectivity index (χ0n) is 10.7. The van der Waals surface area contributed by atoms with Crippen molar-refractivity contribution in [2.75, 3.05) is 0 Å². The van der Waals surface area contributed by atoms with Crippen LogP contribution in [0.5, 0.6) is 0 Å². The van der Waals surface area contributed by atoms with Crippen LogP contribution in [0, 0.1) is 5.92 Å². The van der Waals surface area contributed by atoms with Crippen molar-refractivity contribution in [1.29, 1.82) is 0 Å². The van der Waals surface area contributed by atoms with Crippen molar-refractivity contribution < 1.29 is 4.79 Å². The molecule has 3 nitrogen and oxygen atoms in total. The van der Waals surface area contributed by atoms with Crippen molar-refractivity contribution >= 4 is 27.5 Å². The van der Waals surface area contributed by atoms with Gasteiger partial charge in [0.15, 0.2) is 0 Å². The third-order valence-corrected chi connectivity index (χ3v) is 3.60. The fourth-order valence-electron chi connectivity index (χ4n) is 2.02. The molecule has 4 heteroatoms. The summed E-state index contributed by atoms with van der Waals surface area (Å²) in [6, 6.07) is 7.92. The second-order valence-electron chi connectivity index (χ2n) is 4.98. The van der Waals surface area contributed by atoms with Gasteiger partial charge in [-0.05, 0) is 24.0 Å². The standard InChI is InChI=1S/C14H17BrN2O/c1-10(2)7-12-8-14(18)17(16-12)9-11-5-3-4-6-13(11)15/h3-6,10H,7-9H2,1-2H3. The Hall–Kier alpha value is -1.16. The molecule has 0 saturated carbocycles. The van der Waals surface area contributed by atoms with Gasteiger partial charge in [0.25, 0.3) is 0 Å². The lowest BCUT2D eigenvalue weighted by atomic mass is 10.1. The third-order valence-electron chi connectivity index (χ3n) is 2.83. The number of hydrazone groups is 1. The number of halogens is 1. The minimum Gasteiger partial charge on any atom is -0.273 e. The Balaban J connectivity index is 2.08. The predicted molar refractivity (Wildman–Crippen MR) is 76.2 cm³/mol. The number of benzene rings is 1. The maximum absolute atomic E-state index is 11.9. The molecule has 1 aromatic carbocycles. The molecule has 0 fully saturated rings. The van der Waals surface area contributed by atoms with Gasteiger partial charge in [-0.15, -0.1) is 0 Å². The SMILES string of the molecule is CC(C)CC1=NN(Cc2ccccc2Br)C(=O)C1. The van der Waals surface area contributed by atoms with Crippen LogP contribution in [0.3, 0.4) is 0 Å². The fraction of sp³-hybridized carbons (Fsp3) is 0.429. The van der Waals surface area contributed by atoms with Gasteiger partial charge in [-0.1, -0.05) is 48.0 Å². The summed E-state index contributed by atoms with van der Waals surface area (Å²) in [5.41, 5.74) is 2.09. The highest BCUT2D eigenvalue weighted by Gasteiger charge is 2.24. The highest BCUT2D eigenvalue weighted by atomic mass is 79.9. The molecule has 1 aliphatic rings. The Bertz CT molecular complexity index is 482. The lowest BCUT2D eigenvalue weighted by Gasteiger charge is -2.12. The molecule has 1 heterocycles. The van der Waals surface area contributed by atoms with Crippen molar-refractivity contribution in [2.45, 2.75) is 33.2 Å². The van der Waals surface area contributed by atoms with Crippen molar-refractivity contribution in [3.8, 4) is 0 Å². The largest absolute Gasteiger partial charge is 0.273 e. The molecule has 2 rings (SSSR count). The summed E-state index contributed by atoms with van der Waals surface area (Å²) in [6.45, 7) is 4.83. The Morgan fingerprint density at radius 3 is 2.78 bits per heavy atom. The molecular formula is C14H17BrN2O. The van der Waals surface area contributed by atoms with Crippen LogP contribution in [0.25, 0.3) is 0 Å². The van der Waals surface area contributed by atoms with Gasteiger partial charge < -0.3 is 0 Å². The molecule has 0 atom stereocenters. The molecule has 0 saturated heterocycles. The lowest BCUT2D eigenvalue weighted by molar-refractivity contribution is -0.129. The topological polar surface area (TPSA) is 32.7 Å². The molecule has 0 spiro atoms. The zero-order chi connectivity index (χ0) is 13.1. The Morgan fingerprint density at radius 1 is 1.39 bits per heavy atom. The van der Waals surface area contributed by atoms with Crippen LogP contribution in [0.2, 0.25) is 0 Å². The van der Waals surface area contributed by atoms with Gasteiger partial charge in [0.2, 0.25) is 5.91 Å². The van der Waals surface area contributed by atoms with E-state index >= 15 is 0 Å². The molecule has 1 aliphatic heterocycles. The maximum Gasteiger partial charge on any atom is 0.248 e. The Kier molecular flexibility index (Phi) is 4.17. The zero-order valence-corrected chi connectivity index (χ0v) is 12.3. The van der Waals surface area contributed by atoms with E-state index in [9.17, 15) is 4.79 Å². The van der Waals surface area contributed by atoms with Crippen molar-refractivity contribution in [3.05, 3.63) is 34.3 Å². The molecule has 0 unspecified atom stereocenters. The van der Waals surface area contributed by atoms with Crippen molar-refractivity contribution in [2.24, 2.45) is 11.0 Å². The van der Waals surface area contributed by atoms with Gasteiger partial charge in [0.1, 0.15) is 0 Å². The minimum atomic E-state index is 0.0985.